The van der Waals surface area contributed by atoms with Crippen LogP contribution in [0.1, 0.15) is 51.9 Å². The van der Waals surface area contributed by atoms with Crippen LogP contribution in [0, 0.1) is 23.7 Å². The van der Waals surface area contributed by atoms with Gasteiger partial charge in [0.25, 0.3) is 0 Å². The van der Waals surface area contributed by atoms with Crippen molar-refractivity contribution in [1.29, 1.82) is 0 Å². The molecule has 32 heavy (non-hydrogen) atoms. The van der Waals surface area contributed by atoms with Gasteiger partial charge in [0, 0.05) is 18.9 Å². The maximum absolute atomic E-state index is 11.4. The third-order valence-corrected chi connectivity index (χ3v) is 6.97. The Morgan fingerprint density at radius 2 is 2.03 bits per heavy atom. The number of hydrogen-bond donors (Lipinski definition) is 3. The lowest BCUT2D eigenvalue weighted by molar-refractivity contribution is -0.142. The number of ether oxygens (including phenoxy) is 2. The van der Waals surface area contributed by atoms with Crippen LogP contribution in [0.2, 0.25) is 0 Å². The summed E-state index contributed by atoms with van der Waals surface area (Å²) in [7, 11) is 0. The van der Waals surface area contributed by atoms with Gasteiger partial charge in [-0.3, -0.25) is 4.79 Å². The number of hydrogen-bond acceptors (Lipinski definition) is 5. The molecule has 3 N–H and O–H groups in total. The number of carboxylic acids is 1. The van der Waals surface area contributed by atoms with Gasteiger partial charge in [-0.25, -0.2) is 0 Å². The van der Waals surface area contributed by atoms with Crippen molar-refractivity contribution in [1.82, 2.24) is 0 Å². The molecule has 2 aliphatic rings. The molecule has 0 spiro atoms. The number of aliphatic hydroxyl groups excluding tert-OH is 2. The fraction of sp³-hybridized carbons (Fsp3) is 0.654. The Hall–Kier alpha value is -1.89. The molecular weight excluding hydrogens is 408 g/mol. The second kappa shape index (κ2) is 12.4. The van der Waals surface area contributed by atoms with Crippen LogP contribution in [0.15, 0.2) is 42.5 Å². The highest BCUT2D eigenvalue weighted by Gasteiger charge is 2.43. The SMILES string of the molecule is CCCC(CC[C@H]1CC[C@@H]2[C@@H](C=C[C@@H](O)COc3ccccc3)[C@H](O)C[C@@H]2OC1)C(=O)O. The highest BCUT2D eigenvalue weighted by atomic mass is 16.5. The highest BCUT2D eigenvalue weighted by molar-refractivity contribution is 5.69. The van der Waals surface area contributed by atoms with Crippen LogP contribution in [0.4, 0.5) is 0 Å². The zero-order valence-electron chi connectivity index (χ0n) is 19.0. The molecule has 6 nitrogen and oxygen atoms in total. The third kappa shape index (κ3) is 7.06. The second-order valence-corrected chi connectivity index (χ2v) is 9.34. The van der Waals surface area contributed by atoms with Crippen molar-refractivity contribution in [2.75, 3.05) is 13.2 Å². The highest BCUT2D eigenvalue weighted by Crippen LogP contribution is 2.42. The lowest BCUT2D eigenvalue weighted by Gasteiger charge is -2.21. The van der Waals surface area contributed by atoms with Crippen LogP contribution in [-0.2, 0) is 9.53 Å². The van der Waals surface area contributed by atoms with E-state index in [4.69, 9.17) is 9.47 Å². The van der Waals surface area contributed by atoms with Gasteiger partial charge in [-0.15, -0.1) is 0 Å². The summed E-state index contributed by atoms with van der Waals surface area (Å²) in [6, 6.07) is 9.38. The molecule has 3 rings (SSSR count). The predicted molar refractivity (Wildman–Crippen MR) is 122 cm³/mol. The lowest BCUT2D eigenvalue weighted by Crippen LogP contribution is -2.22. The van der Waals surface area contributed by atoms with Crippen molar-refractivity contribution in [3.63, 3.8) is 0 Å². The summed E-state index contributed by atoms with van der Waals surface area (Å²) >= 11 is 0. The molecule has 1 aliphatic heterocycles. The fourth-order valence-corrected chi connectivity index (χ4v) is 5.13. The van der Waals surface area contributed by atoms with Gasteiger partial charge < -0.3 is 24.8 Å². The van der Waals surface area contributed by atoms with Gasteiger partial charge in [-0.1, -0.05) is 43.7 Å². The number of aliphatic hydroxyl groups is 2. The number of fused-ring (bicyclic) bond motifs is 1. The van der Waals surface area contributed by atoms with E-state index in [9.17, 15) is 20.1 Å². The zero-order chi connectivity index (χ0) is 22.9. The molecule has 1 unspecified atom stereocenters. The van der Waals surface area contributed by atoms with Crippen LogP contribution >= 0.6 is 0 Å². The molecule has 1 saturated carbocycles. The first-order chi connectivity index (χ1) is 15.5. The molecule has 1 aromatic carbocycles. The Kier molecular flexibility index (Phi) is 9.57. The van der Waals surface area contributed by atoms with E-state index in [1.54, 1.807) is 6.08 Å². The molecule has 1 saturated heterocycles. The molecule has 1 aromatic rings. The first kappa shape index (κ1) is 24.7. The third-order valence-electron chi connectivity index (χ3n) is 6.97. The minimum atomic E-state index is -0.743. The minimum Gasteiger partial charge on any atom is -0.491 e. The summed E-state index contributed by atoms with van der Waals surface area (Å²) in [5, 5.41) is 30.3. The molecule has 6 heteroatoms. The quantitative estimate of drug-likeness (QED) is 0.444. The zero-order valence-corrected chi connectivity index (χ0v) is 19.0. The predicted octanol–water partition coefficient (Wildman–Crippen LogP) is 4.06. The monoisotopic (exact) mass is 446 g/mol. The molecule has 178 valence electrons. The van der Waals surface area contributed by atoms with Gasteiger partial charge in [-0.2, -0.15) is 0 Å². The smallest absolute Gasteiger partial charge is 0.306 e. The van der Waals surface area contributed by atoms with E-state index in [1.807, 2.05) is 43.3 Å². The Bertz CT molecular complexity index is 720. The van der Waals surface area contributed by atoms with Gasteiger partial charge in [0.15, 0.2) is 0 Å². The lowest BCUT2D eigenvalue weighted by atomic mass is 9.85. The minimum absolute atomic E-state index is 0.0216. The van der Waals surface area contributed by atoms with Gasteiger partial charge in [-0.05, 0) is 56.1 Å². The molecular formula is C26H38O6. The summed E-state index contributed by atoms with van der Waals surface area (Å²) in [6.07, 6.45) is 8.18. The molecule has 1 aliphatic carbocycles. The maximum atomic E-state index is 11.4. The van der Waals surface area contributed by atoms with Crippen molar-refractivity contribution in [2.45, 2.75) is 70.2 Å². The summed E-state index contributed by atoms with van der Waals surface area (Å²) in [5.41, 5.74) is 0. The van der Waals surface area contributed by atoms with Crippen LogP contribution in [-0.4, -0.2) is 52.8 Å². The second-order valence-electron chi connectivity index (χ2n) is 9.34. The van der Waals surface area contributed by atoms with E-state index in [0.717, 1.165) is 32.1 Å². The molecule has 0 bridgehead atoms. The summed E-state index contributed by atoms with van der Waals surface area (Å²) < 4.78 is 11.8. The normalized spacial score (nSPS) is 29.9. The largest absolute Gasteiger partial charge is 0.491 e. The number of carbonyl (C=O) groups is 1. The standard InChI is InChI=1S/C26H38O6/c1-2-6-19(26(29)30)11-9-18-10-13-23-22(24(28)15-25(23)32-16-18)14-12-20(27)17-31-21-7-4-3-5-8-21/h3-5,7-8,12,14,18-20,22-25,27-28H,2,6,9-11,13,15-17H2,1H3,(H,29,30)/t18-,19?,20+,22+,23+,24+,25-/m0/s1. The molecule has 0 radical (unpaired) electrons. The van der Waals surface area contributed by atoms with Crippen molar-refractivity contribution in [3.8, 4) is 5.75 Å². The topological polar surface area (TPSA) is 96.2 Å². The molecule has 0 aromatic heterocycles. The van der Waals surface area contributed by atoms with E-state index in [2.05, 4.69) is 0 Å². The number of carboxylic acid groups (broad SMARTS) is 1. The molecule has 0 amide bonds. The van der Waals surface area contributed by atoms with E-state index in [-0.39, 0.29) is 30.5 Å². The number of benzene rings is 1. The van der Waals surface area contributed by atoms with Crippen LogP contribution in [0.3, 0.4) is 0 Å². The van der Waals surface area contributed by atoms with Crippen molar-refractivity contribution < 1.29 is 29.6 Å². The van der Waals surface area contributed by atoms with E-state index in [1.165, 1.54) is 0 Å². The van der Waals surface area contributed by atoms with Crippen LogP contribution < -0.4 is 4.74 Å². The average molecular weight is 447 g/mol. The Balaban J connectivity index is 1.49. The van der Waals surface area contributed by atoms with Gasteiger partial charge in [0.1, 0.15) is 18.5 Å². The molecule has 7 atom stereocenters. The number of rotatable bonds is 11. The average Bonchev–Trinajstić information content (AvgIpc) is 2.95. The van der Waals surface area contributed by atoms with Crippen molar-refractivity contribution in [2.24, 2.45) is 23.7 Å². The van der Waals surface area contributed by atoms with Gasteiger partial charge in [0.05, 0.1) is 18.1 Å². The molecule has 2 fully saturated rings. The number of aliphatic carboxylic acids is 1. The van der Waals surface area contributed by atoms with Gasteiger partial charge >= 0.3 is 5.97 Å². The van der Waals surface area contributed by atoms with Gasteiger partial charge in [0.2, 0.25) is 0 Å². The molecule has 1 heterocycles. The van der Waals surface area contributed by atoms with Crippen LogP contribution in [0.5, 0.6) is 5.75 Å². The first-order valence-electron chi connectivity index (χ1n) is 12.0. The summed E-state index contributed by atoms with van der Waals surface area (Å²) in [5.74, 6) is 0.303. The van der Waals surface area contributed by atoms with Crippen LogP contribution in [0.25, 0.3) is 0 Å². The van der Waals surface area contributed by atoms with Crippen molar-refractivity contribution >= 4 is 5.97 Å². The van der Waals surface area contributed by atoms with E-state index in [0.29, 0.717) is 31.1 Å². The summed E-state index contributed by atoms with van der Waals surface area (Å²) in [6.45, 7) is 2.82. The fourth-order valence-electron chi connectivity index (χ4n) is 5.13. The summed E-state index contributed by atoms with van der Waals surface area (Å²) in [4.78, 5) is 11.4. The first-order valence-corrected chi connectivity index (χ1v) is 12.0. The Labute approximate surface area is 191 Å². The van der Waals surface area contributed by atoms with Crippen molar-refractivity contribution in [3.05, 3.63) is 42.5 Å². The Morgan fingerprint density at radius 3 is 2.75 bits per heavy atom. The van der Waals surface area contributed by atoms with E-state index >= 15 is 0 Å². The maximum Gasteiger partial charge on any atom is 0.306 e. The number of para-hydroxylation sites is 1. The van der Waals surface area contributed by atoms with E-state index < -0.39 is 18.2 Å². The Morgan fingerprint density at radius 1 is 1.25 bits per heavy atom.